The number of halogens is 1. The highest BCUT2D eigenvalue weighted by molar-refractivity contribution is 6.09. The maximum absolute atomic E-state index is 14.0. The van der Waals surface area contributed by atoms with Gasteiger partial charge in [-0.1, -0.05) is 36.4 Å². The number of aromatic amines is 1. The van der Waals surface area contributed by atoms with Gasteiger partial charge in [-0.3, -0.25) is 9.89 Å². The number of hydrogen-bond donors (Lipinski definition) is 2. The van der Waals surface area contributed by atoms with Crippen molar-refractivity contribution in [2.24, 2.45) is 0 Å². The second-order valence-electron chi connectivity index (χ2n) is 5.97. The Labute approximate surface area is 154 Å². The molecule has 4 rings (SSSR count). The number of nitrogens with zero attached hydrogens (tertiary/aromatic N) is 1. The molecule has 4 aromatic rings. The summed E-state index contributed by atoms with van der Waals surface area (Å²) in [5.74, 6) is 0.276. The van der Waals surface area contributed by atoms with Crippen molar-refractivity contribution in [3.05, 3.63) is 78.1 Å². The summed E-state index contributed by atoms with van der Waals surface area (Å²) in [6, 6.07) is 18.9. The van der Waals surface area contributed by atoms with Crippen LogP contribution in [-0.2, 0) is 0 Å². The molecule has 1 heterocycles. The van der Waals surface area contributed by atoms with Gasteiger partial charge < -0.3 is 10.1 Å². The number of H-pyrrole nitrogens is 1. The van der Waals surface area contributed by atoms with E-state index in [1.54, 1.807) is 60.7 Å². The zero-order chi connectivity index (χ0) is 18.8. The van der Waals surface area contributed by atoms with E-state index in [2.05, 4.69) is 15.5 Å². The first-order valence-corrected chi connectivity index (χ1v) is 8.35. The lowest BCUT2D eigenvalue weighted by Gasteiger charge is -2.08. The minimum Gasteiger partial charge on any atom is -0.496 e. The molecule has 134 valence electrons. The molecule has 0 spiro atoms. The van der Waals surface area contributed by atoms with Crippen LogP contribution in [0.3, 0.4) is 0 Å². The molecule has 0 aliphatic carbocycles. The number of benzene rings is 3. The van der Waals surface area contributed by atoms with E-state index < -0.39 is 0 Å². The van der Waals surface area contributed by atoms with Gasteiger partial charge in [0.1, 0.15) is 11.6 Å². The number of methoxy groups -OCH3 is 1. The highest BCUT2D eigenvalue weighted by Gasteiger charge is 2.15. The zero-order valence-electron chi connectivity index (χ0n) is 14.5. The second kappa shape index (κ2) is 6.92. The number of carbonyl (C=O) groups is 1. The summed E-state index contributed by atoms with van der Waals surface area (Å²) in [6.07, 6.45) is 0. The standard InChI is InChI=1S/C21H16FN3O2/c1-27-19-9-5-3-7-16(19)21(26)23-20-15-11-10-13(12-18(15)24-25-20)14-6-2-4-8-17(14)22/h2-12H,1H3,(H2,23,24,25,26). The number of nitrogens with one attached hydrogen (secondary N) is 2. The molecule has 0 saturated carbocycles. The number of ether oxygens (including phenoxy) is 1. The molecule has 27 heavy (non-hydrogen) atoms. The van der Waals surface area contributed by atoms with E-state index in [1.165, 1.54) is 13.2 Å². The SMILES string of the molecule is COc1ccccc1C(=O)Nc1n[nH]c2cc(-c3ccccc3F)ccc12. The van der Waals surface area contributed by atoms with Crippen LogP contribution in [0.5, 0.6) is 5.75 Å². The van der Waals surface area contributed by atoms with Gasteiger partial charge in [0.25, 0.3) is 5.91 Å². The molecule has 0 saturated heterocycles. The molecule has 0 unspecified atom stereocenters. The van der Waals surface area contributed by atoms with Crippen LogP contribution in [-0.4, -0.2) is 23.2 Å². The molecular weight excluding hydrogens is 345 g/mol. The fraction of sp³-hybridized carbons (Fsp3) is 0.0476. The van der Waals surface area contributed by atoms with Gasteiger partial charge in [-0.05, 0) is 35.9 Å². The lowest BCUT2D eigenvalue weighted by atomic mass is 10.0. The van der Waals surface area contributed by atoms with Crippen LogP contribution in [0.25, 0.3) is 22.0 Å². The van der Waals surface area contributed by atoms with Crippen molar-refractivity contribution in [1.82, 2.24) is 10.2 Å². The third-order valence-electron chi connectivity index (χ3n) is 4.33. The largest absolute Gasteiger partial charge is 0.496 e. The molecular formula is C21H16FN3O2. The van der Waals surface area contributed by atoms with Crippen LogP contribution in [0.15, 0.2) is 66.7 Å². The molecule has 0 fully saturated rings. The Bertz CT molecular complexity index is 1140. The van der Waals surface area contributed by atoms with Crippen LogP contribution in [0, 0.1) is 5.82 Å². The Morgan fingerprint density at radius 3 is 2.67 bits per heavy atom. The lowest BCUT2D eigenvalue weighted by Crippen LogP contribution is -2.13. The van der Waals surface area contributed by atoms with Gasteiger partial charge in [0, 0.05) is 10.9 Å². The van der Waals surface area contributed by atoms with E-state index in [-0.39, 0.29) is 11.7 Å². The summed E-state index contributed by atoms with van der Waals surface area (Å²) in [5.41, 5.74) is 2.35. The molecule has 0 atom stereocenters. The Balaban J connectivity index is 1.66. The summed E-state index contributed by atoms with van der Waals surface area (Å²) in [4.78, 5) is 12.6. The predicted octanol–water partition coefficient (Wildman–Crippen LogP) is 4.63. The average molecular weight is 361 g/mol. The summed E-state index contributed by atoms with van der Waals surface area (Å²) < 4.78 is 19.2. The number of fused-ring (bicyclic) bond motifs is 1. The van der Waals surface area contributed by atoms with E-state index in [0.29, 0.717) is 28.2 Å². The van der Waals surface area contributed by atoms with Gasteiger partial charge >= 0.3 is 0 Å². The van der Waals surface area contributed by atoms with Crippen LogP contribution >= 0.6 is 0 Å². The van der Waals surface area contributed by atoms with Crippen LogP contribution in [0.2, 0.25) is 0 Å². The van der Waals surface area contributed by atoms with Crippen molar-refractivity contribution in [3.63, 3.8) is 0 Å². The van der Waals surface area contributed by atoms with Gasteiger partial charge in [-0.15, -0.1) is 0 Å². The van der Waals surface area contributed by atoms with Gasteiger partial charge in [-0.2, -0.15) is 5.10 Å². The topological polar surface area (TPSA) is 67.0 Å². The first-order chi connectivity index (χ1) is 13.2. The highest BCUT2D eigenvalue weighted by Crippen LogP contribution is 2.29. The molecule has 1 aromatic heterocycles. The van der Waals surface area contributed by atoms with E-state index in [1.807, 2.05) is 0 Å². The first kappa shape index (κ1) is 16.8. The van der Waals surface area contributed by atoms with Crippen LogP contribution in [0.4, 0.5) is 10.2 Å². The van der Waals surface area contributed by atoms with Crippen molar-refractivity contribution in [2.45, 2.75) is 0 Å². The number of hydrogen-bond acceptors (Lipinski definition) is 3. The predicted molar refractivity (Wildman–Crippen MR) is 102 cm³/mol. The number of para-hydroxylation sites is 1. The zero-order valence-corrected chi connectivity index (χ0v) is 14.5. The molecule has 2 N–H and O–H groups in total. The van der Waals surface area contributed by atoms with Gasteiger partial charge in [0.05, 0.1) is 18.2 Å². The van der Waals surface area contributed by atoms with Gasteiger partial charge in [0.15, 0.2) is 5.82 Å². The second-order valence-corrected chi connectivity index (χ2v) is 5.97. The van der Waals surface area contributed by atoms with Crippen LogP contribution < -0.4 is 10.1 Å². The number of anilines is 1. The Morgan fingerprint density at radius 2 is 1.85 bits per heavy atom. The quantitative estimate of drug-likeness (QED) is 0.557. The van der Waals surface area contributed by atoms with E-state index in [0.717, 1.165) is 10.9 Å². The molecule has 0 bridgehead atoms. The van der Waals surface area contributed by atoms with E-state index >= 15 is 0 Å². The van der Waals surface area contributed by atoms with Gasteiger partial charge in [0.2, 0.25) is 0 Å². The minimum atomic E-state index is -0.320. The maximum atomic E-state index is 14.0. The monoisotopic (exact) mass is 361 g/mol. The van der Waals surface area contributed by atoms with Crippen LogP contribution in [0.1, 0.15) is 10.4 Å². The fourth-order valence-corrected chi connectivity index (χ4v) is 2.98. The summed E-state index contributed by atoms with van der Waals surface area (Å²) in [6.45, 7) is 0. The molecule has 3 aromatic carbocycles. The third kappa shape index (κ3) is 3.13. The van der Waals surface area contributed by atoms with Crippen molar-refractivity contribution in [3.8, 4) is 16.9 Å². The molecule has 6 heteroatoms. The lowest BCUT2D eigenvalue weighted by molar-refractivity contribution is 0.102. The summed E-state index contributed by atoms with van der Waals surface area (Å²) >= 11 is 0. The minimum absolute atomic E-state index is 0.291. The van der Waals surface area contributed by atoms with Crippen molar-refractivity contribution < 1.29 is 13.9 Å². The number of carbonyl (C=O) groups excluding carboxylic acids is 1. The Kier molecular flexibility index (Phi) is 4.30. The molecule has 0 radical (unpaired) electrons. The molecule has 0 aliphatic rings. The fourth-order valence-electron chi connectivity index (χ4n) is 2.98. The number of rotatable bonds is 4. The van der Waals surface area contributed by atoms with E-state index in [9.17, 15) is 9.18 Å². The maximum Gasteiger partial charge on any atom is 0.260 e. The van der Waals surface area contributed by atoms with Crippen molar-refractivity contribution >= 4 is 22.6 Å². The van der Waals surface area contributed by atoms with Gasteiger partial charge in [-0.25, -0.2) is 4.39 Å². The summed E-state index contributed by atoms with van der Waals surface area (Å²) in [5, 5.41) is 10.6. The third-order valence-corrected chi connectivity index (χ3v) is 4.33. The number of amides is 1. The smallest absolute Gasteiger partial charge is 0.260 e. The molecule has 1 amide bonds. The highest BCUT2D eigenvalue weighted by atomic mass is 19.1. The van der Waals surface area contributed by atoms with Crippen molar-refractivity contribution in [1.29, 1.82) is 0 Å². The summed E-state index contributed by atoms with van der Waals surface area (Å²) in [7, 11) is 1.51. The molecule has 5 nitrogen and oxygen atoms in total. The Hall–Kier alpha value is -3.67. The van der Waals surface area contributed by atoms with Crippen molar-refractivity contribution in [2.75, 3.05) is 12.4 Å². The first-order valence-electron chi connectivity index (χ1n) is 8.35. The normalized spacial score (nSPS) is 10.7. The molecule has 0 aliphatic heterocycles. The average Bonchev–Trinajstić information content (AvgIpc) is 3.10. The Morgan fingerprint density at radius 1 is 1.07 bits per heavy atom. The van der Waals surface area contributed by atoms with E-state index in [4.69, 9.17) is 4.74 Å². The number of aromatic nitrogens is 2.